The van der Waals surface area contributed by atoms with Crippen LogP contribution in [0.3, 0.4) is 0 Å². The fraction of sp³-hybridized carbons (Fsp3) is 1.00. The highest BCUT2D eigenvalue weighted by Crippen LogP contribution is 2.24. The molecule has 1 saturated heterocycles. The first-order valence-electron chi connectivity index (χ1n) is 7.25. The summed E-state index contributed by atoms with van der Waals surface area (Å²) >= 11 is 0. The maximum atomic E-state index is 5.64. The minimum Gasteiger partial charge on any atom is -0.330 e. The van der Waals surface area contributed by atoms with Crippen molar-refractivity contribution >= 4 is 0 Å². The van der Waals surface area contributed by atoms with Crippen LogP contribution in [0.1, 0.15) is 58.8 Å². The fourth-order valence-corrected chi connectivity index (χ4v) is 3.02. The molecule has 1 fully saturated rings. The largest absolute Gasteiger partial charge is 0.330 e. The Labute approximate surface area is 102 Å². The average Bonchev–Trinajstić information content (AvgIpc) is 2.30. The third-order valence-electron chi connectivity index (χ3n) is 3.98. The van der Waals surface area contributed by atoms with Crippen LogP contribution >= 0.6 is 0 Å². The zero-order valence-electron chi connectivity index (χ0n) is 11.3. The summed E-state index contributed by atoms with van der Waals surface area (Å²) in [5.74, 6) is 0.908. The van der Waals surface area contributed by atoms with E-state index in [1.54, 1.807) is 0 Å². The predicted molar refractivity (Wildman–Crippen MR) is 71.6 cm³/mol. The Morgan fingerprint density at radius 1 is 1.12 bits per heavy atom. The molecule has 0 aromatic carbocycles. The zero-order chi connectivity index (χ0) is 11.8. The Kier molecular flexibility index (Phi) is 7.06. The number of nitrogens with two attached hydrogens (primary N) is 1. The van der Waals surface area contributed by atoms with Gasteiger partial charge in [-0.15, -0.1) is 0 Å². The summed E-state index contributed by atoms with van der Waals surface area (Å²) in [7, 11) is 0. The Balaban J connectivity index is 2.31. The fourth-order valence-electron chi connectivity index (χ4n) is 3.02. The molecule has 0 spiro atoms. The molecule has 0 radical (unpaired) electrons. The summed E-state index contributed by atoms with van der Waals surface area (Å²) in [6.07, 6.45) is 9.41. The maximum Gasteiger partial charge on any atom is 0.00950 e. The molecule has 2 N–H and O–H groups in total. The molecule has 0 aliphatic carbocycles. The number of piperidine rings is 1. The van der Waals surface area contributed by atoms with Crippen LogP contribution in [0.5, 0.6) is 0 Å². The quantitative estimate of drug-likeness (QED) is 0.723. The smallest absolute Gasteiger partial charge is 0.00950 e. The van der Waals surface area contributed by atoms with E-state index in [0.717, 1.165) is 18.5 Å². The van der Waals surface area contributed by atoms with E-state index in [-0.39, 0.29) is 0 Å². The van der Waals surface area contributed by atoms with Crippen LogP contribution < -0.4 is 5.73 Å². The molecule has 1 aliphatic rings. The van der Waals surface area contributed by atoms with Gasteiger partial charge in [0.25, 0.3) is 0 Å². The normalized spacial score (nSPS) is 19.5. The first-order chi connectivity index (χ1) is 7.81. The third kappa shape index (κ3) is 4.42. The molecule has 1 heterocycles. The minimum atomic E-state index is 0.855. The number of hydrogen-bond donors (Lipinski definition) is 1. The maximum absolute atomic E-state index is 5.64. The summed E-state index contributed by atoms with van der Waals surface area (Å²) in [4.78, 5) is 2.74. The Morgan fingerprint density at radius 2 is 1.69 bits per heavy atom. The molecule has 0 bridgehead atoms. The number of likely N-dealkylation sites (tertiary alicyclic amines) is 1. The standard InChI is InChI=1S/C14H30N2/c1-3-5-14(6-4-2)16-11-8-13(7-10-15)9-12-16/h13-14H,3-12,15H2,1-2H3. The van der Waals surface area contributed by atoms with Gasteiger partial charge in [-0.1, -0.05) is 26.7 Å². The van der Waals surface area contributed by atoms with E-state index in [9.17, 15) is 0 Å². The highest BCUT2D eigenvalue weighted by molar-refractivity contribution is 4.78. The van der Waals surface area contributed by atoms with Crippen LogP contribution in [0.2, 0.25) is 0 Å². The van der Waals surface area contributed by atoms with Crippen LogP contribution in [0.4, 0.5) is 0 Å². The molecule has 1 rings (SSSR count). The molecule has 1 aliphatic heterocycles. The van der Waals surface area contributed by atoms with Gasteiger partial charge in [-0.25, -0.2) is 0 Å². The molecule has 0 atom stereocenters. The second-order valence-electron chi connectivity index (χ2n) is 5.29. The molecular formula is C14H30N2. The van der Waals surface area contributed by atoms with Gasteiger partial charge in [-0.3, -0.25) is 0 Å². The summed E-state index contributed by atoms with van der Waals surface area (Å²) in [6.45, 7) is 8.12. The minimum absolute atomic E-state index is 0.855. The second kappa shape index (κ2) is 8.08. The van der Waals surface area contributed by atoms with Gasteiger partial charge in [-0.05, 0) is 57.7 Å². The molecule has 0 unspecified atom stereocenters. The van der Waals surface area contributed by atoms with Crippen molar-refractivity contribution in [3.05, 3.63) is 0 Å². The van der Waals surface area contributed by atoms with Gasteiger partial charge in [0.2, 0.25) is 0 Å². The van der Waals surface area contributed by atoms with Crippen molar-refractivity contribution in [2.45, 2.75) is 64.8 Å². The molecule has 0 amide bonds. The van der Waals surface area contributed by atoms with Crippen LogP contribution in [-0.4, -0.2) is 30.6 Å². The molecular weight excluding hydrogens is 196 g/mol. The van der Waals surface area contributed by atoms with Gasteiger partial charge in [0, 0.05) is 6.04 Å². The summed E-state index contributed by atoms with van der Waals surface area (Å²) in [6, 6.07) is 0.855. The van der Waals surface area contributed by atoms with Crippen molar-refractivity contribution in [1.29, 1.82) is 0 Å². The van der Waals surface area contributed by atoms with Crippen molar-refractivity contribution in [2.24, 2.45) is 11.7 Å². The molecule has 0 saturated carbocycles. The van der Waals surface area contributed by atoms with Crippen LogP contribution in [-0.2, 0) is 0 Å². The van der Waals surface area contributed by atoms with Crippen LogP contribution in [0.25, 0.3) is 0 Å². The number of nitrogens with zero attached hydrogens (tertiary/aromatic N) is 1. The van der Waals surface area contributed by atoms with Crippen LogP contribution in [0.15, 0.2) is 0 Å². The first kappa shape index (κ1) is 14.0. The van der Waals surface area contributed by atoms with Crippen molar-refractivity contribution in [3.63, 3.8) is 0 Å². The van der Waals surface area contributed by atoms with E-state index in [0.29, 0.717) is 0 Å². The zero-order valence-corrected chi connectivity index (χ0v) is 11.3. The van der Waals surface area contributed by atoms with E-state index >= 15 is 0 Å². The van der Waals surface area contributed by atoms with Crippen molar-refractivity contribution in [1.82, 2.24) is 4.90 Å². The Bertz CT molecular complexity index is 156. The van der Waals surface area contributed by atoms with Gasteiger partial charge in [0.15, 0.2) is 0 Å². The van der Waals surface area contributed by atoms with Gasteiger partial charge in [-0.2, -0.15) is 0 Å². The summed E-state index contributed by atoms with van der Waals surface area (Å²) in [5.41, 5.74) is 5.64. The topological polar surface area (TPSA) is 29.3 Å². The summed E-state index contributed by atoms with van der Waals surface area (Å²) in [5, 5.41) is 0. The number of hydrogen-bond acceptors (Lipinski definition) is 2. The highest BCUT2D eigenvalue weighted by atomic mass is 15.2. The van der Waals surface area contributed by atoms with E-state index in [4.69, 9.17) is 5.73 Å². The molecule has 16 heavy (non-hydrogen) atoms. The molecule has 2 heteroatoms. The van der Waals surface area contributed by atoms with Gasteiger partial charge >= 0.3 is 0 Å². The first-order valence-corrected chi connectivity index (χ1v) is 7.25. The lowest BCUT2D eigenvalue weighted by atomic mass is 9.91. The molecule has 2 nitrogen and oxygen atoms in total. The SMILES string of the molecule is CCCC(CCC)N1CCC(CCN)CC1. The lowest BCUT2D eigenvalue weighted by molar-refractivity contribution is 0.117. The van der Waals surface area contributed by atoms with E-state index in [1.807, 2.05) is 0 Å². The Morgan fingerprint density at radius 3 is 2.12 bits per heavy atom. The van der Waals surface area contributed by atoms with Crippen LogP contribution in [0, 0.1) is 5.92 Å². The second-order valence-corrected chi connectivity index (χ2v) is 5.29. The predicted octanol–water partition coefficient (Wildman–Crippen LogP) is 3.02. The van der Waals surface area contributed by atoms with Gasteiger partial charge < -0.3 is 10.6 Å². The third-order valence-corrected chi connectivity index (χ3v) is 3.98. The molecule has 0 aromatic heterocycles. The average molecular weight is 226 g/mol. The van der Waals surface area contributed by atoms with Crippen molar-refractivity contribution < 1.29 is 0 Å². The number of rotatable bonds is 7. The van der Waals surface area contributed by atoms with Crippen molar-refractivity contribution in [2.75, 3.05) is 19.6 Å². The van der Waals surface area contributed by atoms with E-state index in [1.165, 1.54) is 58.0 Å². The van der Waals surface area contributed by atoms with Gasteiger partial charge in [0.1, 0.15) is 0 Å². The molecule has 0 aromatic rings. The van der Waals surface area contributed by atoms with E-state index < -0.39 is 0 Å². The van der Waals surface area contributed by atoms with Gasteiger partial charge in [0.05, 0.1) is 0 Å². The summed E-state index contributed by atoms with van der Waals surface area (Å²) < 4.78 is 0. The lowest BCUT2D eigenvalue weighted by Gasteiger charge is -2.37. The van der Waals surface area contributed by atoms with Crippen molar-refractivity contribution in [3.8, 4) is 0 Å². The lowest BCUT2D eigenvalue weighted by Crippen LogP contribution is -2.41. The van der Waals surface area contributed by atoms with E-state index in [2.05, 4.69) is 18.7 Å². The Hall–Kier alpha value is -0.0800. The monoisotopic (exact) mass is 226 g/mol. The highest BCUT2D eigenvalue weighted by Gasteiger charge is 2.23. The molecule has 96 valence electrons.